The molecule has 2 aromatic rings. The van der Waals surface area contributed by atoms with E-state index in [0.29, 0.717) is 12.2 Å². The molecule has 0 unspecified atom stereocenters. The van der Waals surface area contributed by atoms with Crippen molar-refractivity contribution in [2.45, 2.75) is 26.4 Å². The van der Waals surface area contributed by atoms with Gasteiger partial charge in [0.05, 0.1) is 12.3 Å². The molecule has 0 saturated heterocycles. The zero-order valence-electron chi connectivity index (χ0n) is 14.8. The molecule has 0 bridgehead atoms. The number of rotatable bonds is 6. The summed E-state index contributed by atoms with van der Waals surface area (Å²) in [5.74, 6) is 0.524. The van der Waals surface area contributed by atoms with Crippen molar-refractivity contribution < 1.29 is 13.9 Å². The first-order valence-corrected chi connectivity index (χ1v) is 7.84. The summed E-state index contributed by atoms with van der Waals surface area (Å²) in [7, 11) is 5.41. The molecule has 24 heavy (non-hydrogen) atoms. The zero-order valence-corrected chi connectivity index (χ0v) is 14.8. The Morgan fingerprint density at radius 2 is 1.88 bits per heavy atom. The molecule has 0 aliphatic heterocycles. The van der Waals surface area contributed by atoms with E-state index < -0.39 is 0 Å². The fourth-order valence-corrected chi connectivity index (χ4v) is 2.80. The van der Waals surface area contributed by atoms with Crippen LogP contribution >= 0.6 is 0 Å². The normalized spacial score (nSPS) is 11.0. The average molecular weight is 330 g/mol. The second-order valence-electron chi connectivity index (χ2n) is 6.19. The standard InChI is InChI=1S/C19H23FN2O2/c1-12(2)18-15(10-23)17(13-6-8-14(20)9-7-13)16(11-24-5)19(21-18)22(3)4/h6-10,12H,11H2,1-5H3. The first-order chi connectivity index (χ1) is 11.4. The van der Waals surface area contributed by atoms with E-state index in [9.17, 15) is 9.18 Å². The Morgan fingerprint density at radius 3 is 2.33 bits per heavy atom. The lowest BCUT2D eigenvalue weighted by Crippen LogP contribution is -2.18. The molecule has 2 rings (SSSR count). The number of aromatic nitrogens is 1. The van der Waals surface area contributed by atoms with E-state index in [1.54, 1.807) is 19.2 Å². The number of pyridine rings is 1. The molecule has 0 spiro atoms. The van der Waals surface area contributed by atoms with Crippen molar-refractivity contribution in [3.63, 3.8) is 0 Å². The van der Waals surface area contributed by atoms with Gasteiger partial charge in [-0.2, -0.15) is 0 Å². The molecule has 5 heteroatoms. The minimum atomic E-state index is -0.314. The average Bonchev–Trinajstić information content (AvgIpc) is 2.54. The summed E-state index contributed by atoms with van der Waals surface area (Å²) in [6.07, 6.45) is 0.833. The Bertz CT molecular complexity index is 725. The number of aldehydes is 1. The van der Waals surface area contributed by atoms with Gasteiger partial charge < -0.3 is 9.64 Å². The van der Waals surface area contributed by atoms with Gasteiger partial charge >= 0.3 is 0 Å². The molecule has 1 aromatic heterocycles. The second-order valence-corrected chi connectivity index (χ2v) is 6.19. The van der Waals surface area contributed by atoms with Crippen LogP contribution in [0.1, 0.15) is 41.4 Å². The number of carbonyl (C=O) groups is 1. The summed E-state index contributed by atoms with van der Waals surface area (Å²) in [5, 5.41) is 0. The van der Waals surface area contributed by atoms with Gasteiger partial charge in [0.2, 0.25) is 0 Å². The van der Waals surface area contributed by atoms with Crippen LogP contribution in [0.2, 0.25) is 0 Å². The van der Waals surface area contributed by atoms with Crippen LogP contribution in [-0.4, -0.2) is 32.5 Å². The summed E-state index contributed by atoms with van der Waals surface area (Å²) in [5.41, 5.74) is 3.62. The molecule has 0 N–H and O–H groups in total. The molecule has 1 heterocycles. The predicted octanol–water partition coefficient (Wildman–Crippen LogP) is 4.04. The largest absolute Gasteiger partial charge is 0.380 e. The van der Waals surface area contributed by atoms with Crippen LogP contribution in [0.3, 0.4) is 0 Å². The predicted molar refractivity (Wildman–Crippen MR) is 94.1 cm³/mol. The third-order valence-corrected chi connectivity index (χ3v) is 3.85. The van der Waals surface area contributed by atoms with E-state index in [0.717, 1.165) is 34.5 Å². The molecule has 0 fully saturated rings. The molecular weight excluding hydrogens is 307 g/mol. The fourth-order valence-electron chi connectivity index (χ4n) is 2.80. The van der Waals surface area contributed by atoms with E-state index in [2.05, 4.69) is 0 Å². The van der Waals surface area contributed by atoms with Crippen molar-refractivity contribution in [1.82, 2.24) is 4.98 Å². The van der Waals surface area contributed by atoms with Crippen molar-refractivity contribution in [3.8, 4) is 11.1 Å². The van der Waals surface area contributed by atoms with E-state index in [4.69, 9.17) is 9.72 Å². The van der Waals surface area contributed by atoms with Crippen molar-refractivity contribution in [2.24, 2.45) is 0 Å². The monoisotopic (exact) mass is 330 g/mol. The highest BCUT2D eigenvalue weighted by molar-refractivity contribution is 5.92. The number of ether oxygens (including phenoxy) is 1. The molecule has 4 nitrogen and oxygen atoms in total. The molecule has 0 atom stereocenters. The number of hydrogen-bond donors (Lipinski definition) is 0. The minimum absolute atomic E-state index is 0.0830. The molecule has 128 valence electrons. The van der Waals surface area contributed by atoms with Crippen molar-refractivity contribution in [3.05, 3.63) is 46.9 Å². The molecule has 0 saturated carbocycles. The minimum Gasteiger partial charge on any atom is -0.380 e. The number of halogens is 1. The summed E-state index contributed by atoms with van der Waals surface area (Å²) in [6.45, 7) is 4.31. The van der Waals surface area contributed by atoms with Crippen LogP contribution in [0.25, 0.3) is 11.1 Å². The molecular formula is C19H23FN2O2. The van der Waals surface area contributed by atoms with Crippen molar-refractivity contribution >= 4 is 12.1 Å². The first kappa shape index (κ1) is 18.1. The molecule has 1 aromatic carbocycles. The van der Waals surface area contributed by atoms with Gasteiger partial charge in [-0.25, -0.2) is 9.37 Å². The lowest BCUT2D eigenvalue weighted by Gasteiger charge is -2.24. The number of nitrogens with zero attached hydrogens (tertiary/aromatic N) is 2. The SMILES string of the molecule is COCc1c(N(C)C)nc(C(C)C)c(C=O)c1-c1ccc(F)cc1. The number of anilines is 1. The van der Waals surface area contributed by atoms with Crippen LogP contribution in [0.5, 0.6) is 0 Å². The highest BCUT2D eigenvalue weighted by atomic mass is 19.1. The zero-order chi connectivity index (χ0) is 17.9. The number of hydrogen-bond acceptors (Lipinski definition) is 4. The van der Waals surface area contributed by atoms with E-state index in [1.807, 2.05) is 32.8 Å². The Hall–Kier alpha value is -2.27. The van der Waals surface area contributed by atoms with Crippen LogP contribution in [0.15, 0.2) is 24.3 Å². The van der Waals surface area contributed by atoms with E-state index >= 15 is 0 Å². The highest BCUT2D eigenvalue weighted by Gasteiger charge is 2.23. The van der Waals surface area contributed by atoms with Gasteiger partial charge in [-0.3, -0.25) is 4.79 Å². The Morgan fingerprint density at radius 1 is 1.25 bits per heavy atom. The van der Waals surface area contributed by atoms with Gasteiger partial charge in [0.25, 0.3) is 0 Å². The third kappa shape index (κ3) is 3.46. The number of methoxy groups -OCH3 is 1. The van der Waals surface area contributed by atoms with Gasteiger partial charge in [0.15, 0.2) is 6.29 Å². The highest BCUT2D eigenvalue weighted by Crippen LogP contribution is 2.36. The van der Waals surface area contributed by atoms with E-state index in [1.165, 1.54) is 12.1 Å². The van der Waals surface area contributed by atoms with Crippen molar-refractivity contribution in [1.29, 1.82) is 0 Å². The summed E-state index contributed by atoms with van der Waals surface area (Å²) < 4.78 is 18.7. The molecule has 0 aliphatic carbocycles. The smallest absolute Gasteiger partial charge is 0.152 e. The lowest BCUT2D eigenvalue weighted by molar-refractivity contribution is 0.112. The van der Waals surface area contributed by atoms with Gasteiger partial charge in [0, 0.05) is 37.9 Å². The lowest BCUT2D eigenvalue weighted by atomic mass is 9.91. The Labute approximate surface area is 142 Å². The molecule has 0 amide bonds. The summed E-state index contributed by atoms with van der Waals surface area (Å²) >= 11 is 0. The van der Waals surface area contributed by atoms with Crippen molar-refractivity contribution in [2.75, 3.05) is 26.1 Å². The summed E-state index contributed by atoms with van der Waals surface area (Å²) in [4.78, 5) is 18.5. The third-order valence-electron chi connectivity index (χ3n) is 3.85. The quantitative estimate of drug-likeness (QED) is 0.750. The maximum Gasteiger partial charge on any atom is 0.152 e. The fraction of sp³-hybridized carbons (Fsp3) is 0.368. The maximum atomic E-state index is 13.3. The Balaban J connectivity index is 2.89. The topological polar surface area (TPSA) is 42.4 Å². The van der Waals surface area contributed by atoms with Gasteiger partial charge in [-0.1, -0.05) is 26.0 Å². The van der Waals surface area contributed by atoms with Gasteiger partial charge in [0.1, 0.15) is 11.6 Å². The first-order valence-electron chi connectivity index (χ1n) is 7.84. The van der Waals surface area contributed by atoms with Crippen LogP contribution in [-0.2, 0) is 11.3 Å². The van der Waals surface area contributed by atoms with Gasteiger partial charge in [-0.15, -0.1) is 0 Å². The summed E-state index contributed by atoms with van der Waals surface area (Å²) in [6, 6.07) is 6.15. The van der Waals surface area contributed by atoms with E-state index in [-0.39, 0.29) is 11.7 Å². The number of carbonyl (C=O) groups excluding carboxylic acids is 1. The Kier molecular flexibility index (Phi) is 5.67. The molecule has 0 radical (unpaired) electrons. The second kappa shape index (κ2) is 7.53. The molecule has 0 aliphatic rings. The number of benzene rings is 1. The maximum absolute atomic E-state index is 13.3. The van der Waals surface area contributed by atoms with Crippen LogP contribution < -0.4 is 4.90 Å². The van der Waals surface area contributed by atoms with Crippen LogP contribution in [0.4, 0.5) is 10.2 Å². The van der Waals surface area contributed by atoms with Crippen LogP contribution in [0, 0.1) is 5.82 Å². The van der Waals surface area contributed by atoms with Gasteiger partial charge in [-0.05, 0) is 23.6 Å².